The van der Waals surface area contributed by atoms with Crippen LogP contribution in [-0.4, -0.2) is 16.9 Å². The van der Waals surface area contributed by atoms with Crippen molar-refractivity contribution in [3.05, 3.63) is 29.8 Å². The fourth-order valence-corrected chi connectivity index (χ4v) is 1.22. The van der Waals surface area contributed by atoms with Gasteiger partial charge in [-0.25, -0.2) is 0 Å². The van der Waals surface area contributed by atoms with Gasteiger partial charge >= 0.3 is 11.7 Å². The summed E-state index contributed by atoms with van der Waals surface area (Å²) in [5, 5.41) is 5.01. The molecular formula is C9H6ClF5O2. The monoisotopic (exact) mass is 276 g/mol. The summed E-state index contributed by atoms with van der Waals surface area (Å²) in [6.45, 7) is 0. The van der Waals surface area contributed by atoms with Crippen LogP contribution in [0.1, 0.15) is 11.7 Å². The zero-order valence-corrected chi connectivity index (χ0v) is 8.77. The van der Waals surface area contributed by atoms with E-state index in [1.165, 1.54) is 6.07 Å². The number of alkyl halides is 6. The number of benzene rings is 1. The molecule has 1 aromatic carbocycles. The Balaban J connectivity index is 3.08. The minimum Gasteiger partial charge on any atom is -0.405 e. The minimum atomic E-state index is -5.04. The van der Waals surface area contributed by atoms with Crippen molar-refractivity contribution in [3.8, 4) is 5.75 Å². The maximum Gasteiger partial charge on any atom is 0.573 e. The summed E-state index contributed by atoms with van der Waals surface area (Å²) in [5.74, 6) is -0.923. The van der Waals surface area contributed by atoms with Crippen LogP contribution in [0.4, 0.5) is 22.0 Å². The van der Waals surface area contributed by atoms with Crippen molar-refractivity contribution in [1.82, 2.24) is 0 Å². The maximum atomic E-state index is 12.6. The lowest BCUT2D eigenvalue weighted by atomic mass is 10.1. The first-order chi connectivity index (χ1) is 7.61. The highest BCUT2D eigenvalue weighted by atomic mass is 35.5. The fraction of sp³-hybridized carbons (Fsp3) is 0.333. The highest BCUT2D eigenvalue weighted by Gasteiger charge is 2.40. The van der Waals surface area contributed by atoms with Crippen LogP contribution in [0.15, 0.2) is 24.3 Å². The van der Waals surface area contributed by atoms with Crippen LogP contribution >= 0.6 is 11.6 Å². The van der Waals surface area contributed by atoms with E-state index in [2.05, 4.69) is 16.3 Å². The molecule has 8 heteroatoms. The van der Waals surface area contributed by atoms with Crippen molar-refractivity contribution >= 4 is 11.6 Å². The highest BCUT2D eigenvalue weighted by Crippen LogP contribution is 2.39. The smallest absolute Gasteiger partial charge is 0.405 e. The number of aliphatic hydroxyl groups is 1. The van der Waals surface area contributed by atoms with Gasteiger partial charge in [0, 0.05) is 5.56 Å². The number of hydrogen-bond acceptors (Lipinski definition) is 2. The Morgan fingerprint density at radius 1 is 1.12 bits per heavy atom. The number of aliphatic hydroxyl groups excluding tert-OH is 1. The van der Waals surface area contributed by atoms with Gasteiger partial charge in [-0.2, -0.15) is 8.78 Å². The largest absolute Gasteiger partial charge is 0.573 e. The first-order valence-corrected chi connectivity index (χ1v) is 4.58. The van der Waals surface area contributed by atoms with E-state index in [0.29, 0.717) is 0 Å². The molecule has 17 heavy (non-hydrogen) atoms. The Bertz CT molecular complexity index is 388. The third kappa shape index (κ3) is 4.01. The van der Waals surface area contributed by atoms with Gasteiger partial charge in [-0.05, 0) is 17.7 Å². The van der Waals surface area contributed by atoms with Gasteiger partial charge in [-0.15, -0.1) is 13.2 Å². The second-order valence-corrected chi connectivity index (χ2v) is 3.53. The summed E-state index contributed by atoms with van der Waals surface area (Å²) < 4.78 is 64.6. The van der Waals surface area contributed by atoms with Crippen molar-refractivity contribution in [2.45, 2.75) is 17.8 Å². The third-order valence-electron chi connectivity index (χ3n) is 1.75. The first-order valence-electron chi connectivity index (χ1n) is 4.21. The minimum absolute atomic E-state index is 0.746. The van der Waals surface area contributed by atoms with Gasteiger partial charge in [0.25, 0.3) is 0 Å². The number of para-hydroxylation sites is 1. The molecule has 0 spiro atoms. The van der Waals surface area contributed by atoms with Crippen LogP contribution < -0.4 is 4.74 Å². The van der Waals surface area contributed by atoms with Gasteiger partial charge in [0.2, 0.25) is 0 Å². The molecule has 0 fully saturated rings. The van der Waals surface area contributed by atoms with Gasteiger partial charge in [0.1, 0.15) is 5.75 Å². The van der Waals surface area contributed by atoms with E-state index in [1.807, 2.05) is 0 Å². The van der Waals surface area contributed by atoms with Gasteiger partial charge in [-0.3, -0.25) is 0 Å². The molecule has 2 nitrogen and oxygen atoms in total. The molecule has 0 saturated heterocycles. The van der Waals surface area contributed by atoms with Crippen molar-refractivity contribution in [2.24, 2.45) is 0 Å². The molecule has 1 unspecified atom stereocenters. The second kappa shape index (κ2) is 4.66. The average Bonchev–Trinajstić information content (AvgIpc) is 2.13. The highest BCUT2D eigenvalue weighted by molar-refractivity contribution is 6.22. The summed E-state index contributed by atoms with van der Waals surface area (Å²) >= 11 is 4.54. The summed E-state index contributed by atoms with van der Waals surface area (Å²) in [6, 6.07) is 3.98. The van der Waals surface area contributed by atoms with Crippen molar-refractivity contribution < 1.29 is 31.8 Å². The van der Waals surface area contributed by atoms with Crippen LogP contribution in [0, 0.1) is 0 Å². The standard InChI is InChI=1S/C9H6ClF5O2/c10-8(11,12)7(16)5-3-1-2-4-6(5)17-9(13,14)15/h1-4,7,16H. The van der Waals surface area contributed by atoms with E-state index >= 15 is 0 Å². The molecule has 0 radical (unpaired) electrons. The zero-order chi connectivity index (χ0) is 13.3. The number of hydrogen-bond donors (Lipinski definition) is 1. The zero-order valence-electron chi connectivity index (χ0n) is 8.01. The van der Waals surface area contributed by atoms with Crippen molar-refractivity contribution in [2.75, 3.05) is 0 Å². The van der Waals surface area contributed by atoms with E-state index in [1.54, 1.807) is 0 Å². The lowest BCUT2D eigenvalue weighted by Crippen LogP contribution is -2.23. The Morgan fingerprint density at radius 3 is 2.12 bits per heavy atom. The molecule has 1 atom stereocenters. The van der Waals surface area contributed by atoms with Crippen molar-refractivity contribution in [1.29, 1.82) is 0 Å². The molecule has 0 aliphatic carbocycles. The van der Waals surface area contributed by atoms with Crippen LogP contribution in [0.3, 0.4) is 0 Å². The van der Waals surface area contributed by atoms with Gasteiger partial charge < -0.3 is 9.84 Å². The first kappa shape index (κ1) is 14.0. The SMILES string of the molecule is OC(c1ccccc1OC(F)(F)F)C(F)(F)Cl. The Kier molecular flexibility index (Phi) is 3.83. The fourth-order valence-electron chi connectivity index (χ4n) is 1.10. The molecule has 0 aliphatic rings. The number of halogens is 6. The van der Waals surface area contributed by atoms with Gasteiger partial charge in [-0.1, -0.05) is 18.2 Å². The predicted molar refractivity (Wildman–Crippen MR) is 48.9 cm³/mol. The summed E-state index contributed by atoms with van der Waals surface area (Å²) in [4.78, 5) is 0. The normalized spacial score (nSPS) is 14.5. The molecular weight excluding hydrogens is 271 g/mol. The molecule has 0 heterocycles. The van der Waals surface area contributed by atoms with Crippen LogP contribution in [0.25, 0.3) is 0 Å². The molecule has 1 rings (SSSR count). The Labute approximate surface area is 97.6 Å². The summed E-state index contributed by atoms with van der Waals surface area (Å²) in [7, 11) is 0. The molecule has 1 N–H and O–H groups in total. The Hall–Kier alpha value is -1.08. The average molecular weight is 277 g/mol. The van der Waals surface area contributed by atoms with Gasteiger partial charge in [0.15, 0.2) is 6.10 Å². The number of rotatable bonds is 3. The molecule has 0 aromatic heterocycles. The van der Waals surface area contributed by atoms with Gasteiger partial charge in [0.05, 0.1) is 0 Å². The third-order valence-corrected chi connectivity index (χ3v) is 1.96. The van der Waals surface area contributed by atoms with Crippen LogP contribution in [-0.2, 0) is 0 Å². The lowest BCUT2D eigenvalue weighted by molar-refractivity contribution is -0.275. The topological polar surface area (TPSA) is 29.5 Å². The predicted octanol–water partition coefficient (Wildman–Crippen LogP) is 3.45. The second-order valence-electron chi connectivity index (χ2n) is 3.03. The molecule has 0 amide bonds. The summed E-state index contributed by atoms with van der Waals surface area (Å²) in [6.07, 6.45) is -7.64. The molecule has 96 valence electrons. The lowest BCUT2D eigenvalue weighted by Gasteiger charge is -2.19. The molecule has 1 aromatic rings. The van der Waals surface area contributed by atoms with Crippen LogP contribution in [0.2, 0.25) is 0 Å². The van der Waals surface area contributed by atoms with E-state index in [0.717, 1.165) is 18.2 Å². The van der Waals surface area contributed by atoms with E-state index < -0.39 is 29.2 Å². The maximum absolute atomic E-state index is 12.6. The van der Waals surface area contributed by atoms with E-state index in [-0.39, 0.29) is 0 Å². The molecule has 0 aliphatic heterocycles. The molecule has 0 bridgehead atoms. The quantitative estimate of drug-likeness (QED) is 0.677. The van der Waals surface area contributed by atoms with E-state index in [9.17, 15) is 22.0 Å². The molecule has 0 saturated carbocycles. The number of ether oxygens (including phenoxy) is 1. The van der Waals surface area contributed by atoms with Crippen LogP contribution in [0.5, 0.6) is 5.75 Å². The van der Waals surface area contributed by atoms with Crippen molar-refractivity contribution in [3.63, 3.8) is 0 Å². The summed E-state index contributed by atoms with van der Waals surface area (Å²) in [5.41, 5.74) is -0.746. The Morgan fingerprint density at radius 2 is 1.65 bits per heavy atom. The van der Waals surface area contributed by atoms with E-state index in [4.69, 9.17) is 5.11 Å².